The van der Waals surface area contributed by atoms with Gasteiger partial charge in [0.05, 0.1) is 11.7 Å². The maximum Gasteiger partial charge on any atom is 0.230 e. The second-order valence-corrected chi connectivity index (χ2v) is 10.4. The number of benzene rings is 2. The average Bonchev–Trinajstić information content (AvgIpc) is 3.40. The largest absolute Gasteiger partial charge is 0.351 e. The van der Waals surface area contributed by atoms with Crippen molar-refractivity contribution in [2.45, 2.75) is 51.0 Å². The first-order valence-electron chi connectivity index (χ1n) is 9.46. The summed E-state index contributed by atoms with van der Waals surface area (Å²) < 4.78 is 25.1. The number of carbonyl (C=O) groups excluding carboxylic acids is 1. The lowest BCUT2D eigenvalue weighted by molar-refractivity contribution is -0.123. The van der Waals surface area contributed by atoms with Crippen molar-refractivity contribution in [2.75, 3.05) is 11.0 Å². The number of anilines is 1. The molecule has 150 valence electrons. The molecule has 28 heavy (non-hydrogen) atoms. The van der Waals surface area contributed by atoms with Gasteiger partial charge in [0.2, 0.25) is 15.9 Å². The van der Waals surface area contributed by atoms with Gasteiger partial charge in [0, 0.05) is 12.2 Å². The Morgan fingerprint density at radius 1 is 1.00 bits per heavy atom. The lowest BCUT2D eigenvalue weighted by Crippen LogP contribution is -2.34. The van der Waals surface area contributed by atoms with Crippen LogP contribution in [0.4, 0.5) is 5.69 Å². The minimum atomic E-state index is -3.31. The van der Waals surface area contributed by atoms with Gasteiger partial charge < -0.3 is 5.32 Å². The van der Waals surface area contributed by atoms with Crippen molar-refractivity contribution >= 4 is 21.6 Å². The van der Waals surface area contributed by atoms with E-state index in [9.17, 15) is 13.2 Å². The molecule has 0 aliphatic heterocycles. The highest BCUT2D eigenvalue weighted by atomic mass is 32.2. The molecule has 2 N–H and O–H groups in total. The quantitative estimate of drug-likeness (QED) is 0.776. The van der Waals surface area contributed by atoms with Crippen LogP contribution in [0.2, 0.25) is 0 Å². The molecule has 1 saturated carbocycles. The molecule has 1 aliphatic rings. The third kappa shape index (κ3) is 4.73. The van der Waals surface area contributed by atoms with Crippen LogP contribution in [0.5, 0.6) is 0 Å². The van der Waals surface area contributed by atoms with Crippen LogP contribution in [-0.4, -0.2) is 20.6 Å². The molecule has 0 unspecified atom stereocenters. The van der Waals surface area contributed by atoms with Gasteiger partial charge in [0.25, 0.3) is 0 Å². The zero-order chi connectivity index (χ0) is 20.6. The fourth-order valence-electron chi connectivity index (χ4n) is 3.32. The Morgan fingerprint density at radius 3 is 2.04 bits per heavy atom. The Bertz CT molecular complexity index is 952. The van der Waals surface area contributed by atoms with E-state index in [-0.39, 0.29) is 11.3 Å². The van der Waals surface area contributed by atoms with Crippen LogP contribution in [0, 0.1) is 0 Å². The molecule has 5 nitrogen and oxygen atoms in total. The maximum atomic E-state index is 12.8. The molecule has 6 heteroatoms. The van der Waals surface area contributed by atoms with E-state index >= 15 is 0 Å². The van der Waals surface area contributed by atoms with E-state index < -0.39 is 15.4 Å². The molecule has 1 aliphatic carbocycles. The Kier molecular flexibility index (Phi) is 5.28. The van der Waals surface area contributed by atoms with E-state index in [1.165, 1.54) is 5.56 Å². The van der Waals surface area contributed by atoms with Crippen LogP contribution >= 0.6 is 0 Å². The molecule has 0 saturated heterocycles. The summed E-state index contributed by atoms with van der Waals surface area (Å²) in [6.45, 7) is 7.03. The van der Waals surface area contributed by atoms with Crippen LogP contribution in [0.25, 0.3) is 0 Å². The van der Waals surface area contributed by atoms with Crippen LogP contribution in [-0.2, 0) is 32.2 Å². The molecule has 0 atom stereocenters. The molecule has 0 heterocycles. The van der Waals surface area contributed by atoms with Crippen LogP contribution in [0.1, 0.15) is 50.3 Å². The predicted octanol–water partition coefficient (Wildman–Crippen LogP) is 3.70. The molecule has 0 aromatic heterocycles. The first kappa shape index (κ1) is 20.4. The summed E-state index contributed by atoms with van der Waals surface area (Å²) in [6, 6.07) is 15.4. The van der Waals surface area contributed by atoms with E-state index in [0.717, 1.165) is 30.2 Å². The van der Waals surface area contributed by atoms with Gasteiger partial charge in [-0.15, -0.1) is 0 Å². The standard InChI is InChI=1S/C22H28N2O3S/c1-21(2,3)17-7-5-16(6-8-17)15-23-20(25)22(13-14-22)18-9-11-19(12-10-18)24-28(4,26)27/h5-12,24H,13-15H2,1-4H3,(H,23,25). The highest BCUT2D eigenvalue weighted by Crippen LogP contribution is 2.48. The number of sulfonamides is 1. The third-order valence-corrected chi connectivity index (χ3v) is 5.80. The molecule has 1 fully saturated rings. The van der Waals surface area contributed by atoms with Crippen LogP contribution in [0.15, 0.2) is 48.5 Å². The van der Waals surface area contributed by atoms with Crippen molar-refractivity contribution in [3.05, 3.63) is 65.2 Å². The molecule has 1 amide bonds. The lowest BCUT2D eigenvalue weighted by atomic mass is 9.87. The van der Waals surface area contributed by atoms with Crippen molar-refractivity contribution in [2.24, 2.45) is 0 Å². The van der Waals surface area contributed by atoms with Gasteiger partial charge in [-0.1, -0.05) is 57.2 Å². The van der Waals surface area contributed by atoms with Crippen molar-refractivity contribution < 1.29 is 13.2 Å². The number of hydrogen-bond donors (Lipinski definition) is 2. The first-order valence-corrected chi connectivity index (χ1v) is 11.3. The van der Waals surface area contributed by atoms with Gasteiger partial charge in [0.1, 0.15) is 0 Å². The summed E-state index contributed by atoms with van der Waals surface area (Å²) in [5.74, 6) is 0.0243. The number of nitrogens with one attached hydrogen (secondary N) is 2. The van der Waals surface area contributed by atoms with Crippen molar-refractivity contribution in [1.82, 2.24) is 5.32 Å². The molecule has 0 bridgehead atoms. The monoisotopic (exact) mass is 400 g/mol. The van der Waals surface area contributed by atoms with Gasteiger partial charge in [0.15, 0.2) is 0 Å². The van der Waals surface area contributed by atoms with Gasteiger partial charge in [-0.25, -0.2) is 8.42 Å². The van der Waals surface area contributed by atoms with Crippen LogP contribution < -0.4 is 10.0 Å². The second-order valence-electron chi connectivity index (χ2n) is 8.66. The number of hydrogen-bond acceptors (Lipinski definition) is 3. The lowest BCUT2D eigenvalue weighted by Gasteiger charge is -2.20. The smallest absolute Gasteiger partial charge is 0.230 e. The van der Waals surface area contributed by atoms with Gasteiger partial charge in [-0.2, -0.15) is 0 Å². The Balaban J connectivity index is 1.64. The highest BCUT2D eigenvalue weighted by Gasteiger charge is 2.51. The van der Waals surface area contributed by atoms with Gasteiger partial charge >= 0.3 is 0 Å². The summed E-state index contributed by atoms with van der Waals surface area (Å²) in [6.07, 6.45) is 2.73. The second kappa shape index (κ2) is 7.24. The zero-order valence-corrected chi connectivity index (χ0v) is 17.7. The van der Waals surface area contributed by atoms with Crippen LogP contribution in [0.3, 0.4) is 0 Å². The summed E-state index contributed by atoms with van der Waals surface area (Å²) >= 11 is 0. The Labute approximate surface area is 167 Å². The Hall–Kier alpha value is -2.34. The molecule has 3 rings (SSSR count). The molecular formula is C22H28N2O3S. The SMILES string of the molecule is CC(C)(C)c1ccc(CNC(=O)C2(c3ccc(NS(C)(=O)=O)cc3)CC2)cc1. The normalized spacial score (nSPS) is 15.7. The van der Waals surface area contributed by atoms with E-state index in [1.54, 1.807) is 12.1 Å². The topological polar surface area (TPSA) is 75.3 Å². The zero-order valence-electron chi connectivity index (χ0n) is 16.9. The van der Waals surface area contributed by atoms with Gasteiger partial charge in [-0.05, 0) is 47.1 Å². The van der Waals surface area contributed by atoms with E-state index in [1.807, 2.05) is 12.1 Å². The van der Waals surface area contributed by atoms with Gasteiger partial charge in [-0.3, -0.25) is 9.52 Å². The summed E-state index contributed by atoms with van der Waals surface area (Å²) in [5, 5.41) is 3.06. The summed E-state index contributed by atoms with van der Waals surface area (Å²) in [7, 11) is -3.31. The first-order chi connectivity index (χ1) is 13.0. The van der Waals surface area contributed by atoms with E-state index in [0.29, 0.717) is 12.2 Å². The van der Waals surface area contributed by atoms with Crippen molar-refractivity contribution in [3.63, 3.8) is 0 Å². The number of amides is 1. The number of carbonyl (C=O) groups is 1. The maximum absolute atomic E-state index is 12.8. The minimum absolute atomic E-state index is 0.0243. The summed E-state index contributed by atoms with van der Waals surface area (Å²) in [5.41, 5.74) is 3.38. The molecular weight excluding hydrogens is 372 g/mol. The predicted molar refractivity (Wildman–Crippen MR) is 113 cm³/mol. The number of rotatable bonds is 6. The Morgan fingerprint density at radius 2 is 1.57 bits per heavy atom. The van der Waals surface area contributed by atoms with E-state index in [2.05, 4.69) is 55.1 Å². The molecule has 0 spiro atoms. The fourth-order valence-corrected chi connectivity index (χ4v) is 3.88. The van der Waals surface area contributed by atoms with Crippen molar-refractivity contribution in [1.29, 1.82) is 0 Å². The van der Waals surface area contributed by atoms with Crippen molar-refractivity contribution in [3.8, 4) is 0 Å². The third-order valence-electron chi connectivity index (χ3n) is 5.20. The van der Waals surface area contributed by atoms with E-state index in [4.69, 9.17) is 0 Å². The summed E-state index contributed by atoms with van der Waals surface area (Å²) in [4.78, 5) is 12.8. The molecule has 0 radical (unpaired) electrons. The average molecular weight is 401 g/mol. The fraction of sp³-hybridized carbons (Fsp3) is 0.409. The molecule has 2 aromatic carbocycles. The minimum Gasteiger partial charge on any atom is -0.351 e. The molecule has 2 aromatic rings. The highest BCUT2D eigenvalue weighted by molar-refractivity contribution is 7.92.